The molecule has 0 saturated heterocycles. The number of ether oxygens (including phenoxy) is 1. The van der Waals surface area contributed by atoms with Gasteiger partial charge in [0.25, 0.3) is 5.91 Å². The zero-order chi connectivity index (χ0) is 18.7. The number of anilines is 1. The summed E-state index contributed by atoms with van der Waals surface area (Å²) < 4.78 is 32.3. The predicted molar refractivity (Wildman–Crippen MR) is 93.6 cm³/mol. The average Bonchev–Trinajstić information content (AvgIpc) is 3.08. The zero-order valence-electron chi connectivity index (χ0n) is 13.9. The Hall–Kier alpha value is -2.94. The van der Waals surface area contributed by atoms with Crippen LogP contribution in [0.3, 0.4) is 0 Å². The Morgan fingerprint density at radius 2 is 2.15 bits per heavy atom. The van der Waals surface area contributed by atoms with Gasteiger partial charge in [0.1, 0.15) is 23.2 Å². The molecule has 0 aliphatic rings. The molecular formula is C17H14F2N4O2S. The van der Waals surface area contributed by atoms with Gasteiger partial charge in [-0.15, -0.1) is 10.2 Å². The van der Waals surface area contributed by atoms with Crippen LogP contribution in [0.5, 0.6) is 5.75 Å². The number of halogens is 2. The van der Waals surface area contributed by atoms with Crippen molar-refractivity contribution in [3.05, 3.63) is 52.5 Å². The topological polar surface area (TPSA) is 77.0 Å². The van der Waals surface area contributed by atoms with E-state index in [0.29, 0.717) is 17.0 Å². The fraction of sp³-hybridized carbons (Fsp3) is 0.176. The molecule has 0 unspecified atom stereocenters. The van der Waals surface area contributed by atoms with Gasteiger partial charge in [0.2, 0.25) is 5.13 Å². The molecule has 1 N–H and O–H groups in total. The van der Waals surface area contributed by atoms with Gasteiger partial charge in [-0.05, 0) is 25.1 Å². The van der Waals surface area contributed by atoms with Crippen molar-refractivity contribution in [2.45, 2.75) is 13.6 Å². The highest BCUT2D eigenvalue weighted by atomic mass is 32.1. The third kappa shape index (κ3) is 3.52. The Labute approximate surface area is 151 Å². The zero-order valence-corrected chi connectivity index (χ0v) is 14.7. The summed E-state index contributed by atoms with van der Waals surface area (Å²) in [6, 6.07) is 6.01. The van der Waals surface area contributed by atoms with Crippen LogP contribution in [0.1, 0.15) is 21.1 Å². The van der Waals surface area contributed by atoms with Crippen LogP contribution >= 0.6 is 11.3 Å². The molecule has 0 aliphatic carbocycles. The molecule has 0 bridgehead atoms. The largest absolute Gasteiger partial charge is 0.496 e. The van der Waals surface area contributed by atoms with E-state index in [1.54, 1.807) is 19.1 Å². The second-order valence-electron chi connectivity index (χ2n) is 5.28. The fourth-order valence-electron chi connectivity index (χ4n) is 2.41. The molecule has 3 rings (SSSR count). The van der Waals surface area contributed by atoms with Gasteiger partial charge in [0.05, 0.1) is 18.2 Å². The normalized spacial score (nSPS) is 10.6. The van der Waals surface area contributed by atoms with Crippen molar-refractivity contribution < 1.29 is 18.3 Å². The van der Waals surface area contributed by atoms with Gasteiger partial charge in [-0.1, -0.05) is 17.4 Å². The molecule has 3 aromatic rings. The van der Waals surface area contributed by atoms with E-state index in [4.69, 9.17) is 4.74 Å². The highest BCUT2D eigenvalue weighted by Crippen LogP contribution is 2.35. The molecule has 0 fully saturated rings. The van der Waals surface area contributed by atoms with Crippen LogP contribution in [-0.2, 0) is 6.67 Å². The summed E-state index contributed by atoms with van der Waals surface area (Å²) in [6.45, 7) is 0.966. The molecule has 134 valence electrons. The summed E-state index contributed by atoms with van der Waals surface area (Å²) >= 11 is 0.923. The van der Waals surface area contributed by atoms with Gasteiger partial charge in [0, 0.05) is 17.5 Å². The number of nitrogens with one attached hydrogen (secondary N) is 1. The van der Waals surface area contributed by atoms with E-state index < -0.39 is 18.4 Å². The van der Waals surface area contributed by atoms with Crippen molar-refractivity contribution in [1.29, 1.82) is 0 Å². The van der Waals surface area contributed by atoms with Crippen LogP contribution in [0.25, 0.3) is 11.1 Å². The number of benzene rings is 1. The summed E-state index contributed by atoms with van der Waals surface area (Å²) in [5.74, 6) is -0.792. The number of carbonyl (C=O) groups is 1. The molecule has 6 nitrogen and oxygen atoms in total. The van der Waals surface area contributed by atoms with Crippen molar-refractivity contribution >= 4 is 22.4 Å². The summed E-state index contributed by atoms with van der Waals surface area (Å²) in [5.41, 5.74) is 1.24. The summed E-state index contributed by atoms with van der Waals surface area (Å²) in [6.07, 6.45) is 1.35. The Balaban J connectivity index is 2.05. The molecular weight excluding hydrogens is 362 g/mol. The molecule has 0 aliphatic heterocycles. The number of aryl methyl sites for hydroxylation is 1. The minimum atomic E-state index is -0.767. The van der Waals surface area contributed by atoms with E-state index in [-0.39, 0.29) is 21.3 Å². The minimum absolute atomic E-state index is 0.135. The first kappa shape index (κ1) is 17.9. The Kier molecular flexibility index (Phi) is 5.17. The van der Waals surface area contributed by atoms with E-state index in [1.165, 1.54) is 25.4 Å². The lowest BCUT2D eigenvalue weighted by molar-refractivity contribution is 0.102. The number of rotatable bonds is 5. The van der Waals surface area contributed by atoms with Gasteiger partial charge in [0.15, 0.2) is 0 Å². The molecule has 9 heteroatoms. The molecule has 26 heavy (non-hydrogen) atoms. The molecule has 1 amide bonds. The van der Waals surface area contributed by atoms with Crippen molar-refractivity contribution in [1.82, 2.24) is 15.2 Å². The van der Waals surface area contributed by atoms with Crippen LogP contribution in [0.15, 0.2) is 30.5 Å². The van der Waals surface area contributed by atoms with Crippen LogP contribution in [0.4, 0.5) is 13.9 Å². The van der Waals surface area contributed by atoms with E-state index in [1.807, 2.05) is 0 Å². The maximum absolute atomic E-state index is 14.5. The average molecular weight is 376 g/mol. The first-order valence-electron chi connectivity index (χ1n) is 7.52. The summed E-state index contributed by atoms with van der Waals surface area (Å²) in [5, 5.41) is 10.1. The van der Waals surface area contributed by atoms with Gasteiger partial charge in [-0.3, -0.25) is 15.1 Å². The highest BCUT2D eigenvalue weighted by molar-refractivity contribution is 7.15. The van der Waals surface area contributed by atoms with Gasteiger partial charge in [-0.2, -0.15) is 0 Å². The molecule has 0 atom stereocenters. The standard InChI is InChI=1S/C17H14F2N4O2S/c1-9-6-10(15-12(19)4-3-5-13(15)25-2)11(8-20-9)16(24)21-17-23-22-14(7-18)26-17/h3-6,8H,7H2,1-2H3,(H,21,23,24). The Morgan fingerprint density at radius 3 is 2.85 bits per heavy atom. The highest BCUT2D eigenvalue weighted by Gasteiger charge is 2.21. The summed E-state index contributed by atoms with van der Waals surface area (Å²) in [4.78, 5) is 16.8. The van der Waals surface area contributed by atoms with E-state index in [9.17, 15) is 13.6 Å². The van der Waals surface area contributed by atoms with Crippen molar-refractivity contribution in [2.75, 3.05) is 12.4 Å². The van der Waals surface area contributed by atoms with Crippen LogP contribution < -0.4 is 10.1 Å². The fourth-order valence-corrected chi connectivity index (χ4v) is 2.99. The number of methoxy groups -OCH3 is 1. The lowest BCUT2D eigenvalue weighted by Gasteiger charge is -2.14. The number of hydrogen-bond donors (Lipinski definition) is 1. The van der Waals surface area contributed by atoms with E-state index >= 15 is 0 Å². The minimum Gasteiger partial charge on any atom is -0.496 e. The third-order valence-corrected chi connectivity index (χ3v) is 4.36. The quantitative estimate of drug-likeness (QED) is 0.733. The second-order valence-corrected chi connectivity index (χ2v) is 6.34. The van der Waals surface area contributed by atoms with Crippen LogP contribution in [-0.4, -0.2) is 28.2 Å². The molecule has 0 saturated carbocycles. The molecule has 0 radical (unpaired) electrons. The number of nitrogens with zero attached hydrogens (tertiary/aromatic N) is 3. The molecule has 1 aromatic carbocycles. The summed E-state index contributed by atoms with van der Waals surface area (Å²) in [7, 11) is 1.42. The van der Waals surface area contributed by atoms with Gasteiger partial charge < -0.3 is 4.74 Å². The number of aromatic nitrogens is 3. The number of carbonyl (C=O) groups excluding carboxylic acids is 1. The first-order chi connectivity index (χ1) is 12.5. The second kappa shape index (κ2) is 7.52. The number of hydrogen-bond acceptors (Lipinski definition) is 6. The van der Waals surface area contributed by atoms with Crippen molar-refractivity contribution in [3.8, 4) is 16.9 Å². The van der Waals surface area contributed by atoms with Crippen molar-refractivity contribution in [2.24, 2.45) is 0 Å². The number of pyridine rings is 1. The van der Waals surface area contributed by atoms with Crippen LogP contribution in [0.2, 0.25) is 0 Å². The molecule has 2 heterocycles. The Bertz CT molecular complexity index is 962. The lowest BCUT2D eigenvalue weighted by Crippen LogP contribution is -2.14. The first-order valence-corrected chi connectivity index (χ1v) is 8.34. The lowest BCUT2D eigenvalue weighted by atomic mass is 9.98. The molecule has 0 spiro atoms. The maximum Gasteiger partial charge on any atom is 0.259 e. The number of amides is 1. The maximum atomic E-state index is 14.5. The van der Waals surface area contributed by atoms with Crippen LogP contribution in [0, 0.1) is 12.7 Å². The monoisotopic (exact) mass is 376 g/mol. The predicted octanol–water partition coefficient (Wildman–Crippen LogP) is 3.78. The van der Waals surface area contributed by atoms with Gasteiger partial charge in [-0.25, -0.2) is 8.78 Å². The number of alkyl halides is 1. The van der Waals surface area contributed by atoms with Gasteiger partial charge >= 0.3 is 0 Å². The molecule has 2 aromatic heterocycles. The third-order valence-electron chi connectivity index (χ3n) is 3.55. The SMILES string of the molecule is COc1cccc(F)c1-c1cc(C)ncc1C(=O)Nc1nnc(CF)s1. The van der Waals surface area contributed by atoms with Crippen molar-refractivity contribution in [3.63, 3.8) is 0 Å². The van der Waals surface area contributed by atoms with E-state index in [0.717, 1.165) is 11.3 Å². The Morgan fingerprint density at radius 1 is 1.35 bits per heavy atom. The smallest absolute Gasteiger partial charge is 0.259 e. The van der Waals surface area contributed by atoms with E-state index in [2.05, 4.69) is 20.5 Å².